The average molecular weight is 207 g/mol. The summed E-state index contributed by atoms with van der Waals surface area (Å²) in [4.78, 5) is 1.58. The van der Waals surface area contributed by atoms with Crippen LogP contribution in [0, 0.1) is 0 Å². The van der Waals surface area contributed by atoms with Crippen molar-refractivity contribution in [3.63, 3.8) is 0 Å². The van der Waals surface area contributed by atoms with Gasteiger partial charge in [0, 0.05) is 17.5 Å². The Kier molecular flexibility index (Phi) is 1.96. The molecule has 1 nitrogen and oxygen atoms in total. The van der Waals surface area contributed by atoms with Crippen molar-refractivity contribution in [3.8, 4) is 0 Å². The van der Waals surface area contributed by atoms with Gasteiger partial charge < -0.3 is 5.32 Å². The molecule has 0 radical (unpaired) electrons. The first-order chi connectivity index (χ1) is 6.78. The van der Waals surface area contributed by atoms with Gasteiger partial charge in [-0.1, -0.05) is 6.92 Å². The van der Waals surface area contributed by atoms with E-state index in [-0.39, 0.29) is 0 Å². The van der Waals surface area contributed by atoms with Crippen LogP contribution >= 0.6 is 11.3 Å². The van der Waals surface area contributed by atoms with Gasteiger partial charge in [-0.3, -0.25) is 0 Å². The van der Waals surface area contributed by atoms with Crippen LogP contribution in [0.5, 0.6) is 0 Å². The molecule has 0 amide bonds. The fraction of sp³-hybridized carbons (Fsp3) is 0.667. The Balaban J connectivity index is 1.72. The molecule has 2 heteroatoms. The van der Waals surface area contributed by atoms with Gasteiger partial charge in [0.2, 0.25) is 0 Å². The van der Waals surface area contributed by atoms with E-state index in [0.29, 0.717) is 5.41 Å². The highest BCUT2D eigenvalue weighted by Gasteiger charge is 2.40. The lowest BCUT2D eigenvalue weighted by Gasteiger charge is -2.10. The van der Waals surface area contributed by atoms with E-state index in [9.17, 15) is 0 Å². The summed E-state index contributed by atoms with van der Waals surface area (Å²) in [6.45, 7) is 3.50. The summed E-state index contributed by atoms with van der Waals surface area (Å²) in [6.07, 6.45) is 5.55. The summed E-state index contributed by atoms with van der Waals surface area (Å²) in [7, 11) is 0. The summed E-state index contributed by atoms with van der Waals surface area (Å²) < 4.78 is 0. The lowest BCUT2D eigenvalue weighted by atomic mass is 9.99. The zero-order valence-electron chi connectivity index (χ0n) is 8.68. The molecule has 0 saturated heterocycles. The number of rotatable bonds is 4. The van der Waals surface area contributed by atoms with Crippen LogP contribution < -0.4 is 5.32 Å². The van der Waals surface area contributed by atoms with Crippen LogP contribution in [-0.2, 0) is 12.0 Å². The number of hydrogen-bond donors (Lipinski definition) is 1. The molecular formula is C12H17NS. The minimum atomic E-state index is 0.542. The van der Waals surface area contributed by atoms with Gasteiger partial charge in [-0.05, 0) is 48.1 Å². The lowest BCUT2D eigenvalue weighted by molar-refractivity contribution is 0.678. The first-order valence-corrected chi connectivity index (χ1v) is 6.46. The lowest BCUT2D eigenvalue weighted by Crippen LogP contribution is -2.16. The third kappa shape index (κ3) is 1.61. The third-order valence-electron chi connectivity index (χ3n) is 3.52. The van der Waals surface area contributed by atoms with Crippen molar-refractivity contribution < 1.29 is 0 Å². The summed E-state index contributed by atoms with van der Waals surface area (Å²) in [6, 6.07) is 3.17. The second-order valence-corrected chi connectivity index (χ2v) is 5.97. The van der Waals surface area contributed by atoms with Gasteiger partial charge >= 0.3 is 0 Å². The molecule has 0 aromatic carbocycles. The van der Waals surface area contributed by atoms with Crippen LogP contribution in [0.4, 0.5) is 0 Å². The standard InChI is InChI=1S/C12H17NS/c1-12(5-6-12)10-4-7-14-11(10)8-13-9-2-3-9/h4,7,9,13H,2-3,5-6,8H2,1H3. The fourth-order valence-electron chi connectivity index (χ4n) is 2.00. The Morgan fingerprint density at radius 3 is 2.93 bits per heavy atom. The van der Waals surface area contributed by atoms with Crippen LogP contribution in [0.3, 0.4) is 0 Å². The van der Waals surface area contributed by atoms with Crippen molar-refractivity contribution in [2.24, 2.45) is 0 Å². The second-order valence-electron chi connectivity index (χ2n) is 4.97. The van der Waals surface area contributed by atoms with Crippen molar-refractivity contribution in [2.45, 2.75) is 50.6 Å². The SMILES string of the molecule is CC1(c2ccsc2CNC2CC2)CC1. The van der Waals surface area contributed by atoms with Crippen LogP contribution in [0.15, 0.2) is 11.4 Å². The highest BCUT2D eigenvalue weighted by atomic mass is 32.1. The number of hydrogen-bond acceptors (Lipinski definition) is 2. The first kappa shape index (κ1) is 8.93. The normalized spacial score (nSPS) is 23.8. The molecule has 14 heavy (non-hydrogen) atoms. The van der Waals surface area contributed by atoms with E-state index >= 15 is 0 Å². The summed E-state index contributed by atoms with van der Waals surface area (Å²) in [5.41, 5.74) is 2.16. The van der Waals surface area contributed by atoms with Crippen molar-refractivity contribution >= 4 is 11.3 Å². The molecule has 0 unspecified atom stereocenters. The quantitative estimate of drug-likeness (QED) is 0.800. The molecular weight excluding hydrogens is 190 g/mol. The molecule has 1 N–H and O–H groups in total. The molecule has 1 aromatic rings. The van der Waals surface area contributed by atoms with Crippen LogP contribution in [0.25, 0.3) is 0 Å². The monoisotopic (exact) mass is 207 g/mol. The fourth-order valence-corrected chi connectivity index (χ4v) is 2.97. The number of thiophene rings is 1. The van der Waals surface area contributed by atoms with Crippen molar-refractivity contribution in [1.82, 2.24) is 5.32 Å². The maximum atomic E-state index is 3.61. The van der Waals surface area contributed by atoms with Gasteiger partial charge in [0.1, 0.15) is 0 Å². The van der Waals surface area contributed by atoms with Gasteiger partial charge in [-0.25, -0.2) is 0 Å². The van der Waals surface area contributed by atoms with Crippen LogP contribution in [-0.4, -0.2) is 6.04 Å². The van der Waals surface area contributed by atoms with Gasteiger partial charge in [-0.15, -0.1) is 11.3 Å². The summed E-state index contributed by atoms with van der Waals surface area (Å²) in [5.74, 6) is 0. The average Bonchev–Trinajstić information content (AvgIpc) is 3.08. The topological polar surface area (TPSA) is 12.0 Å². The van der Waals surface area contributed by atoms with E-state index in [4.69, 9.17) is 0 Å². The second kappa shape index (κ2) is 3.07. The van der Waals surface area contributed by atoms with Gasteiger partial charge in [0.15, 0.2) is 0 Å². The van der Waals surface area contributed by atoms with Gasteiger partial charge in [0.25, 0.3) is 0 Å². The molecule has 3 rings (SSSR count). The summed E-state index contributed by atoms with van der Waals surface area (Å²) in [5, 5.41) is 5.86. The molecule has 0 spiro atoms. The molecule has 1 heterocycles. The molecule has 2 aliphatic carbocycles. The van der Waals surface area contributed by atoms with Crippen molar-refractivity contribution in [1.29, 1.82) is 0 Å². The van der Waals surface area contributed by atoms with Gasteiger partial charge in [-0.2, -0.15) is 0 Å². The van der Waals surface area contributed by atoms with Crippen LogP contribution in [0.1, 0.15) is 43.0 Å². The Labute approximate surface area is 89.5 Å². The molecule has 1 aromatic heterocycles. The summed E-state index contributed by atoms with van der Waals surface area (Å²) >= 11 is 1.92. The molecule has 2 aliphatic rings. The zero-order valence-corrected chi connectivity index (χ0v) is 9.49. The zero-order chi connectivity index (χ0) is 9.60. The Morgan fingerprint density at radius 1 is 1.50 bits per heavy atom. The Bertz CT molecular complexity index is 334. The van der Waals surface area contributed by atoms with E-state index < -0.39 is 0 Å². The van der Waals surface area contributed by atoms with E-state index in [1.54, 1.807) is 10.4 Å². The minimum absolute atomic E-state index is 0.542. The molecule has 0 bridgehead atoms. The molecule has 76 valence electrons. The maximum Gasteiger partial charge on any atom is 0.0305 e. The molecule has 0 atom stereocenters. The minimum Gasteiger partial charge on any atom is -0.309 e. The van der Waals surface area contributed by atoms with Crippen molar-refractivity contribution in [3.05, 3.63) is 21.9 Å². The molecule has 2 saturated carbocycles. The van der Waals surface area contributed by atoms with Gasteiger partial charge in [0.05, 0.1) is 0 Å². The predicted octanol–water partition coefficient (Wildman–Crippen LogP) is 3.05. The van der Waals surface area contributed by atoms with Crippen molar-refractivity contribution in [2.75, 3.05) is 0 Å². The maximum absolute atomic E-state index is 3.61. The largest absolute Gasteiger partial charge is 0.309 e. The smallest absolute Gasteiger partial charge is 0.0305 e. The van der Waals surface area contributed by atoms with E-state index in [2.05, 4.69) is 23.7 Å². The van der Waals surface area contributed by atoms with Crippen LogP contribution in [0.2, 0.25) is 0 Å². The van der Waals surface area contributed by atoms with E-state index in [1.807, 2.05) is 11.3 Å². The molecule has 2 fully saturated rings. The highest BCUT2D eigenvalue weighted by molar-refractivity contribution is 7.10. The number of nitrogens with one attached hydrogen (secondary N) is 1. The first-order valence-electron chi connectivity index (χ1n) is 5.58. The Morgan fingerprint density at radius 2 is 2.29 bits per heavy atom. The van der Waals surface area contributed by atoms with E-state index in [0.717, 1.165) is 12.6 Å². The third-order valence-corrected chi connectivity index (χ3v) is 4.45. The van der Waals surface area contributed by atoms with E-state index in [1.165, 1.54) is 25.7 Å². The predicted molar refractivity (Wildman–Crippen MR) is 60.8 cm³/mol. The Hall–Kier alpha value is -0.340. The molecule has 0 aliphatic heterocycles. The highest BCUT2D eigenvalue weighted by Crippen LogP contribution is 2.49.